The quantitative estimate of drug-likeness (QED) is 0.520. The molecule has 7 N–H and O–H groups in total. The van der Waals surface area contributed by atoms with Crippen molar-refractivity contribution < 1.29 is 14.4 Å². The van der Waals surface area contributed by atoms with Gasteiger partial charge in [-0.1, -0.05) is 6.92 Å². The first kappa shape index (κ1) is 19.1. The predicted molar refractivity (Wildman–Crippen MR) is 72.8 cm³/mol. The molecule has 0 saturated heterocycles. The Bertz CT molecular complexity index is 274. The van der Waals surface area contributed by atoms with E-state index in [1.165, 1.54) is 0 Å². The van der Waals surface area contributed by atoms with Gasteiger partial charge in [0.25, 0.3) is 0 Å². The molecule has 0 aliphatic carbocycles. The van der Waals surface area contributed by atoms with Gasteiger partial charge in [-0.3, -0.25) is 14.9 Å². The largest absolute Gasteiger partial charge is 0.370 e. The van der Waals surface area contributed by atoms with E-state index in [4.69, 9.17) is 17.2 Å². The Kier molecular flexibility index (Phi) is 12.9. The Balaban J connectivity index is 0. The Hall–Kier alpha value is -1.28. The van der Waals surface area contributed by atoms with Crippen molar-refractivity contribution in [2.24, 2.45) is 17.2 Å². The van der Waals surface area contributed by atoms with Crippen LogP contribution in [0, 0.1) is 0 Å². The maximum absolute atomic E-state index is 10.9. The van der Waals surface area contributed by atoms with Gasteiger partial charge >= 0.3 is 6.03 Å². The van der Waals surface area contributed by atoms with E-state index in [0.29, 0.717) is 12.8 Å². The zero-order valence-corrected chi connectivity index (χ0v) is 11.6. The lowest BCUT2D eigenvalue weighted by Crippen LogP contribution is -2.45. The number of primary amides is 2. The molecule has 0 aromatic heterocycles. The van der Waals surface area contributed by atoms with Crippen molar-refractivity contribution in [3.05, 3.63) is 0 Å². The zero-order chi connectivity index (χ0) is 14.6. The van der Waals surface area contributed by atoms with Crippen LogP contribution in [0.3, 0.4) is 0 Å². The van der Waals surface area contributed by atoms with E-state index in [1.807, 2.05) is 18.5 Å². The molecule has 0 aromatic rings. The fourth-order valence-corrected chi connectivity index (χ4v) is 1.33. The second kappa shape index (κ2) is 12.2. The zero-order valence-electron chi connectivity index (χ0n) is 10.8. The van der Waals surface area contributed by atoms with Crippen LogP contribution in [0.2, 0.25) is 0 Å². The number of urea groups is 1. The molecule has 0 radical (unpaired) electrons. The minimum atomic E-state index is -0.861. The number of nitrogens with two attached hydrogens (primary N) is 3. The van der Waals surface area contributed by atoms with Crippen LogP contribution in [0.5, 0.6) is 0 Å². The van der Waals surface area contributed by atoms with Crippen molar-refractivity contribution in [3.8, 4) is 0 Å². The molecule has 0 heterocycles. The summed E-state index contributed by atoms with van der Waals surface area (Å²) < 4.78 is 0. The molecular weight excluding hydrogens is 256 g/mol. The maximum Gasteiger partial charge on any atom is 0.318 e. The summed E-state index contributed by atoms with van der Waals surface area (Å²) >= 11 is 1.59. The lowest BCUT2D eigenvalue weighted by atomic mass is 10.2. The number of amides is 4. The van der Waals surface area contributed by atoms with E-state index >= 15 is 0 Å². The Labute approximate surface area is 111 Å². The lowest BCUT2D eigenvalue weighted by molar-refractivity contribution is -0.121. The standard InChI is InChI=1S/C6H13N3O2S.C4H9NO/c1-12-3-2-4(7)5(10)9-6(8)11;1-2-3-4(5)6/h4H,2-3,7H2,1H3,(H3,8,9,10,11);2-3H2,1H3,(H2,5,6)/t4-;/m0./s1. The molecule has 0 fully saturated rings. The van der Waals surface area contributed by atoms with Crippen LogP contribution >= 0.6 is 11.8 Å². The molecule has 0 aliphatic heterocycles. The van der Waals surface area contributed by atoms with Crippen LogP contribution in [-0.4, -0.2) is 35.9 Å². The van der Waals surface area contributed by atoms with Crippen LogP contribution < -0.4 is 22.5 Å². The molecule has 0 spiro atoms. The van der Waals surface area contributed by atoms with Crippen LogP contribution in [0.1, 0.15) is 26.2 Å². The van der Waals surface area contributed by atoms with Gasteiger partial charge in [0.2, 0.25) is 11.8 Å². The second-order valence-electron chi connectivity index (χ2n) is 3.46. The summed E-state index contributed by atoms with van der Waals surface area (Å²) in [7, 11) is 0. The molecule has 0 aromatic carbocycles. The molecule has 4 amide bonds. The number of thioether (sulfide) groups is 1. The van der Waals surface area contributed by atoms with E-state index in [-0.39, 0.29) is 5.91 Å². The monoisotopic (exact) mass is 278 g/mol. The SMILES string of the molecule is CCCC(N)=O.CSCC[C@H](N)C(=O)NC(N)=O. The maximum atomic E-state index is 10.9. The highest BCUT2D eigenvalue weighted by Crippen LogP contribution is 1.98. The molecule has 1 atom stereocenters. The first-order chi connectivity index (χ1) is 8.34. The Morgan fingerprint density at radius 2 is 1.83 bits per heavy atom. The highest BCUT2D eigenvalue weighted by atomic mass is 32.2. The van der Waals surface area contributed by atoms with Crippen molar-refractivity contribution in [3.63, 3.8) is 0 Å². The number of carbonyl (C=O) groups is 3. The third-order valence-electron chi connectivity index (χ3n) is 1.71. The summed E-state index contributed by atoms with van der Waals surface area (Å²) in [4.78, 5) is 31.0. The first-order valence-corrected chi connectivity index (χ1v) is 6.87. The topological polar surface area (TPSA) is 141 Å². The lowest BCUT2D eigenvalue weighted by Gasteiger charge is -2.08. The number of rotatable bonds is 6. The fourth-order valence-electron chi connectivity index (χ4n) is 0.836. The van der Waals surface area contributed by atoms with E-state index < -0.39 is 18.0 Å². The molecule has 0 bridgehead atoms. The minimum Gasteiger partial charge on any atom is -0.370 e. The summed E-state index contributed by atoms with van der Waals surface area (Å²) in [6, 6.07) is -1.51. The van der Waals surface area contributed by atoms with Gasteiger partial charge in [0.1, 0.15) is 0 Å². The number of imide groups is 1. The van der Waals surface area contributed by atoms with E-state index in [1.54, 1.807) is 11.8 Å². The third-order valence-corrected chi connectivity index (χ3v) is 2.36. The third kappa shape index (κ3) is 14.7. The molecule has 0 rings (SSSR count). The molecule has 0 aliphatic rings. The van der Waals surface area contributed by atoms with Gasteiger partial charge in [0, 0.05) is 6.42 Å². The van der Waals surface area contributed by atoms with E-state index in [9.17, 15) is 14.4 Å². The predicted octanol–water partition coefficient (Wildman–Crippen LogP) is -0.466. The van der Waals surface area contributed by atoms with Gasteiger partial charge in [-0.25, -0.2) is 4.79 Å². The van der Waals surface area contributed by atoms with Crippen LogP contribution in [0.15, 0.2) is 0 Å². The van der Waals surface area contributed by atoms with Crippen molar-refractivity contribution in [2.75, 3.05) is 12.0 Å². The van der Waals surface area contributed by atoms with E-state index in [0.717, 1.165) is 12.2 Å². The summed E-state index contributed by atoms with van der Waals surface area (Å²) in [5.74, 6) is 0.0573. The average Bonchev–Trinajstić information content (AvgIpc) is 2.25. The van der Waals surface area contributed by atoms with Crippen molar-refractivity contribution in [1.82, 2.24) is 5.32 Å². The number of carbonyl (C=O) groups excluding carboxylic acids is 3. The summed E-state index contributed by atoms with van der Waals surface area (Å²) in [6.45, 7) is 1.92. The number of nitrogens with one attached hydrogen (secondary N) is 1. The molecule has 0 saturated carbocycles. The van der Waals surface area contributed by atoms with Gasteiger partial charge in [0.15, 0.2) is 0 Å². The van der Waals surface area contributed by atoms with Crippen LogP contribution in [0.25, 0.3) is 0 Å². The normalized spacial score (nSPS) is 10.8. The van der Waals surface area contributed by atoms with Crippen LogP contribution in [-0.2, 0) is 9.59 Å². The summed E-state index contributed by atoms with van der Waals surface area (Å²) in [5.41, 5.74) is 14.9. The summed E-state index contributed by atoms with van der Waals surface area (Å²) in [6.07, 6.45) is 3.83. The highest BCUT2D eigenvalue weighted by molar-refractivity contribution is 7.98. The minimum absolute atomic E-state index is 0.211. The van der Waals surface area contributed by atoms with Crippen molar-refractivity contribution in [2.45, 2.75) is 32.2 Å². The molecular formula is C10H22N4O3S. The van der Waals surface area contributed by atoms with Gasteiger partial charge in [-0.2, -0.15) is 11.8 Å². The molecule has 18 heavy (non-hydrogen) atoms. The Morgan fingerprint density at radius 3 is 2.11 bits per heavy atom. The van der Waals surface area contributed by atoms with E-state index in [2.05, 4.69) is 0 Å². The molecule has 8 heteroatoms. The first-order valence-electron chi connectivity index (χ1n) is 5.48. The smallest absolute Gasteiger partial charge is 0.318 e. The van der Waals surface area contributed by atoms with Gasteiger partial charge in [-0.15, -0.1) is 0 Å². The number of hydrogen-bond acceptors (Lipinski definition) is 5. The second-order valence-corrected chi connectivity index (χ2v) is 4.44. The molecule has 106 valence electrons. The van der Waals surface area contributed by atoms with Gasteiger partial charge < -0.3 is 17.2 Å². The highest BCUT2D eigenvalue weighted by Gasteiger charge is 2.13. The van der Waals surface area contributed by atoms with Gasteiger partial charge in [-0.05, 0) is 24.9 Å². The Morgan fingerprint density at radius 1 is 1.28 bits per heavy atom. The fraction of sp³-hybridized carbons (Fsp3) is 0.700. The molecule has 0 unspecified atom stereocenters. The summed E-state index contributed by atoms with van der Waals surface area (Å²) in [5, 5.41) is 1.92. The van der Waals surface area contributed by atoms with Crippen LogP contribution in [0.4, 0.5) is 4.79 Å². The van der Waals surface area contributed by atoms with Crippen molar-refractivity contribution in [1.29, 1.82) is 0 Å². The van der Waals surface area contributed by atoms with Gasteiger partial charge in [0.05, 0.1) is 6.04 Å². The van der Waals surface area contributed by atoms with Crippen molar-refractivity contribution >= 4 is 29.6 Å². The average molecular weight is 278 g/mol. The number of hydrogen-bond donors (Lipinski definition) is 4. The molecule has 7 nitrogen and oxygen atoms in total.